The quantitative estimate of drug-likeness (QED) is 0.736. The van der Waals surface area contributed by atoms with Crippen molar-refractivity contribution in [2.45, 2.75) is 33.2 Å². The van der Waals surface area contributed by atoms with Gasteiger partial charge >= 0.3 is 6.09 Å². The standard InChI is InChI=1S/C10H21NO3/c1-8(2)7-9(3)11(4)10(13)14-6-5-12/h8-9,12H,5-7H2,1-4H3. The van der Waals surface area contributed by atoms with Gasteiger partial charge in [0.25, 0.3) is 0 Å². The van der Waals surface area contributed by atoms with Gasteiger partial charge in [-0.15, -0.1) is 0 Å². The summed E-state index contributed by atoms with van der Waals surface area (Å²) in [5.41, 5.74) is 0. The van der Waals surface area contributed by atoms with Crippen molar-refractivity contribution in [2.75, 3.05) is 20.3 Å². The van der Waals surface area contributed by atoms with Crippen LogP contribution in [-0.2, 0) is 4.74 Å². The number of carbonyl (C=O) groups excluding carboxylic acids is 1. The molecular formula is C10H21NO3. The first-order valence-electron chi connectivity index (χ1n) is 4.99. The van der Waals surface area contributed by atoms with Crippen LogP contribution in [0, 0.1) is 5.92 Å². The predicted octanol–water partition coefficient (Wildman–Crippen LogP) is 1.48. The molecular weight excluding hydrogens is 182 g/mol. The Morgan fingerprint density at radius 2 is 2.00 bits per heavy atom. The van der Waals surface area contributed by atoms with Crippen LogP contribution in [0.3, 0.4) is 0 Å². The molecule has 0 radical (unpaired) electrons. The lowest BCUT2D eigenvalue weighted by Crippen LogP contribution is -2.36. The van der Waals surface area contributed by atoms with E-state index in [1.165, 1.54) is 0 Å². The lowest BCUT2D eigenvalue weighted by atomic mass is 10.0. The third kappa shape index (κ3) is 5.07. The summed E-state index contributed by atoms with van der Waals surface area (Å²) in [4.78, 5) is 12.9. The van der Waals surface area contributed by atoms with Gasteiger partial charge in [0.1, 0.15) is 6.61 Å². The van der Waals surface area contributed by atoms with E-state index in [0.717, 1.165) is 6.42 Å². The zero-order chi connectivity index (χ0) is 11.1. The molecule has 0 rings (SSSR count). The molecule has 0 fully saturated rings. The van der Waals surface area contributed by atoms with E-state index in [2.05, 4.69) is 13.8 Å². The zero-order valence-electron chi connectivity index (χ0n) is 9.49. The third-order valence-corrected chi connectivity index (χ3v) is 2.08. The monoisotopic (exact) mass is 203 g/mol. The molecule has 14 heavy (non-hydrogen) atoms. The summed E-state index contributed by atoms with van der Waals surface area (Å²) in [6, 6.07) is 0.168. The average molecular weight is 203 g/mol. The maximum atomic E-state index is 11.3. The number of hydrogen-bond donors (Lipinski definition) is 1. The van der Waals surface area contributed by atoms with E-state index in [0.29, 0.717) is 5.92 Å². The van der Waals surface area contributed by atoms with Gasteiger partial charge in [0.05, 0.1) is 6.61 Å². The molecule has 0 saturated heterocycles. The Bertz CT molecular complexity index is 171. The summed E-state index contributed by atoms with van der Waals surface area (Å²) < 4.78 is 4.79. The largest absolute Gasteiger partial charge is 0.447 e. The molecule has 4 heteroatoms. The van der Waals surface area contributed by atoms with Gasteiger partial charge in [-0.25, -0.2) is 4.79 Å². The lowest BCUT2D eigenvalue weighted by Gasteiger charge is -2.25. The van der Waals surface area contributed by atoms with Crippen LogP contribution in [-0.4, -0.2) is 42.4 Å². The zero-order valence-corrected chi connectivity index (χ0v) is 9.49. The molecule has 0 aromatic heterocycles. The highest BCUT2D eigenvalue weighted by Crippen LogP contribution is 2.10. The molecule has 0 aliphatic carbocycles. The first kappa shape index (κ1) is 13.2. The van der Waals surface area contributed by atoms with Gasteiger partial charge in [-0.3, -0.25) is 0 Å². The normalized spacial score (nSPS) is 12.7. The molecule has 0 bridgehead atoms. The Balaban J connectivity index is 3.90. The van der Waals surface area contributed by atoms with Crippen LogP contribution in [0.25, 0.3) is 0 Å². The molecule has 1 unspecified atom stereocenters. The Kier molecular flexibility index (Phi) is 6.28. The fourth-order valence-corrected chi connectivity index (χ4v) is 1.26. The number of nitrogens with zero attached hydrogens (tertiary/aromatic N) is 1. The van der Waals surface area contributed by atoms with Crippen LogP contribution in [0.15, 0.2) is 0 Å². The summed E-state index contributed by atoms with van der Waals surface area (Å²) in [6.45, 7) is 6.16. The van der Waals surface area contributed by atoms with Gasteiger partial charge in [-0.1, -0.05) is 13.8 Å². The second-order valence-corrected chi connectivity index (χ2v) is 3.93. The first-order chi connectivity index (χ1) is 6.49. The smallest absolute Gasteiger partial charge is 0.409 e. The maximum Gasteiger partial charge on any atom is 0.409 e. The van der Waals surface area contributed by atoms with Crippen molar-refractivity contribution in [3.05, 3.63) is 0 Å². The highest BCUT2D eigenvalue weighted by molar-refractivity contribution is 5.67. The van der Waals surface area contributed by atoms with Crippen molar-refractivity contribution >= 4 is 6.09 Å². The second kappa shape index (κ2) is 6.65. The topological polar surface area (TPSA) is 49.8 Å². The fraction of sp³-hybridized carbons (Fsp3) is 0.900. The molecule has 0 aromatic rings. The van der Waals surface area contributed by atoms with Gasteiger partial charge in [0.15, 0.2) is 0 Å². The van der Waals surface area contributed by atoms with E-state index in [1.807, 2.05) is 6.92 Å². The van der Waals surface area contributed by atoms with Crippen LogP contribution in [0.1, 0.15) is 27.2 Å². The van der Waals surface area contributed by atoms with Crippen LogP contribution in [0.4, 0.5) is 4.79 Å². The first-order valence-corrected chi connectivity index (χ1v) is 4.99. The highest BCUT2D eigenvalue weighted by Gasteiger charge is 2.17. The van der Waals surface area contributed by atoms with Gasteiger partial charge in [-0.2, -0.15) is 0 Å². The van der Waals surface area contributed by atoms with Crippen molar-refractivity contribution in [3.63, 3.8) is 0 Å². The van der Waals surface area contributed by atoms with Crippen molar-refractivity contribution < 1.29 is 14.6 Å². The van der Waals surface area contributed by atoms with Crippen LogP contribution < -0.4 is 0 Å². The molecule has 0 spiro atoms. The summed E-state index contributed by atoms with van der Waals surface area (Å²) in [7, 11) is 1.72. The van der Waals surface area contributed by atoms with Crippen molar-refractivity contribution in [1.82, 2.24) is 4.90 Å². The molecule has 1 N–H and O–H groups in total. The second-order valence-electron chi connectivity index (χ2n) is 3.93. The Labute approximate surface area is 85.9 Å². The van der Waals surface area contributed by atoms with Crippen molar-refractivity contribution in [1.29, 1.82) is 0 Å². The lowest BCUT2D eigenvalue weighted by molar-refractivity contribution is 0.0793. The van der Waals surface area contributed by atoms with E-state index in [9.17, 15) is 4.79 Å². The van der Waals surface area contributed by atoms with Gasteiger partial charge in [-0.05, 0) is 19.3 Å². The van der Waals surface area contributed by atoms with E-state index in [4.69, 9.17) is 9.84 Å². The summed E-state index contributed by atoms with van der Waals surface area (Å²) >= 11 is 0. The molecule has 4 nitrogen and oxygen atoms in total. The molecule has 0 aliphatic rings. The molecule has 0 saturated carbocycles. The number of amides is 1. The van der Waals surface area contributed by atoms with E-state index in [1.54, 1.807) is 11.9 Å². The minimum atomic E-state index is -0.368. The summed E-state index contributed by atoms with van der Waals surface area (Å²) in [6.07, 6.45) is 0.581. The van der Waals surface area contributed by atoms with Gasteiger partial charge in [0.2, 0.25) is 0 Å². The number of aliphatic hydroxyl groups is 1. The van der Waals surface area contributed by atoms with Gasteiger partial charge < -0.3 is 14.7 Å². The Morgan fingerprint density at radius 3 is 2.43 bits per heavy atom. The van der Waals surface area contributed by atoms with Gasteiger partial charge in [0, 0.05) is 13.1 Å². The Morgan fingerprint density at radius 1 is 1.43 bits per heavy atom. The fourth-order valence-electron chi connectivity index (χ4n) is 1.26. The molecule has 0 aromatic carbocycles. The minimum Gasteiger partial charge on any atom is -0.447 e. The van der Waals surface area contributed by atoms with E-state index in [-0.39, 0.29) is 25.3 Å². The van der Waals surface area contributed by atoms with Crippen LogP contribution in [0.5, 0.6) is 0 Å². The SMILES string of the molecule is CC(C)CC(C)N(C)C(=O)OCCO. The maximum absolute atomic E-state index is 11.3. The predicted molar refractivity (Wildman–Crippen MR) is 55.1 cm³/mol. The molecule has 84 valence electrons. The summed E-state index contributed by atoms with van der Waals surface area (Å²) in [5.74, 6) is 0.554. The average Bonchev–Trinajstić information content (AvgIpc) is 2.11. The third-order valence-electron chi connectivity index (χ3n) is 2.08. The highest BCUT2D eigenvalue weighted by atomic mass is 16.6. The molecule has 1 atom stereocenters. The number of rotatable bonds is 5. The van der Waals surface area contributed by atoms with Crippen LogP contribution in [0.2, 0.25) is 0 Å². The van der Waals surface area contributed by atoms with Crippen molar-refractivity contribution in [2.24, 2.45) is 5.92 Å². The number of carbonyl (C=O) groups is 1. The summed E-state index contributed by atoms with van der Waals surface area (Å²) in [5, 5.41) is 8.49. The number of ether oxygens (including phenoxy) is 1. The minimum absolute atomic E-state index is 0.0670. The number of aliphatic hydroxyl groups excluding tert-OH is 1. The molecule has 0 heterocycles. The van der Waals surface area contributed by atoms with Crippen molar-refractivity contribution in [3.8, 4) is 0 Å². The van der Waals surface area contributed by atoms with Crippen LogP contribution >= 0.6 is 0 Å². The molecule has 0 aliphatic heterocycles. The Hall–Kier alpha value is -0.770. The number of hydrogen-bond acceptors (Lipinski definition) is 3. The van der Waals surface area contributed by atoms with E-state index < -0.39 is 0 Å². The van der Waals surface area contributed by atoms with E-state index >= 15 is 0 Å². The molecule has 1 amide bonds.